The summed E-state index contributed by atoms with van der Waals surface area (Å²) in [5, 5.41) is 27.7. The molecule has 3 aromatic carbocycles. The molecule has 168 valence electrons. The Morgan fingerprint density at radius 3 is 2.52 bits per heavy atom. The number of hydrogen-bond acceptors (Lipinski definition) is 6. The third-order valence-corrected chi connectivity index (χ3v) is 6.38. The summed E-state index contributed by atoms with van der Waals surface area (Å²) < 4.78 is 28.2. The molecule has 0 aliphatic carbocycles. The van der Waals surface area contributed by atoms with Gasteiger partial charge >= 0.3 is 5.97 Å². The molecule has 10 heteroatoms. The smallest absolute Gasteiger partial charge is 0.335 e. The summed E-state index contributed by atoms with van der Waals surface area (Å²) in [6.07, 6.45) is 0. The van der Waals surface area contributed by atoms with Crippen LogP contribution in [0.2, 0.25) is 0 Å². The maximum atomic E-state index is 12.8. The lowest BCUT2D eigenvalue weighted by Crippen LogP contribution is -2.23. The summed E-state index contributed by atoms with van der Waals surface area (Å²) >= 11 is 0. The van der Waals surface area contributed by atoms with Crippen molar-refractivity contribution in [2.24, 2.45) is 10.2 Å². The van der Waals surface area contributed by atoms with Crippen LogP contribution < -0.4 is 4.72 Å². The average Bonchev–Trinajstić information content (AvgIpc) is 3.11. The van der Waals surface area contributed by atoms with Crippen LogP contribution >= 0.6 is 0 Å². The van der Waals surface area contributed by atoms with Crippen LogP contribution in [0, 0.1) is 6.92 Å². The first-order chi connectivity index (χ1) is 15.7. The largest absolute Gasteiger partial charge is 0.493 e. The first kappa shape index (κ1) is 22.2. The highest BCUT2D eigenvalue weighted by atomic mass is 32.2. The number of aromatic hydroxyl groups is 1. The molecule has 0 amide bonds. The number of H-pyrrole nitrogens is 1. The third-order valence-electron chi connectivity index (χ3n) is 4.98. The van der Waals surface area contributed by atoms with Crippen LogP contribution in [-0.4, -0.2) is 29.6 Å². The van der Waals surface area contributed by atoms with E-state index in [2.05, 4.69) is 19.9 Å². The van der Waals surface area contributed by atoms with Gasteiger partial charge in [-0.3, -0.25) is 0 Å². The molecule has 1 heterocycles. The van der Waals surface area contributed by atoms with E-state index in [4.69, 9.17) is 5.11 Å². The highest BCUT2D eigenvalue weighted by Gasteiger charge is 2.18. The lowest BCUT2D eigenvalue weighted by molar-refractivity contribution is 0.0697. The molecule has 9 nitrogen and oxygen atoms in total. The van der Waals surface area contributed by atoms with E-state index < -0.39 is 16.0 Å². The number of carboxylic acid groups (broad SMARTS) is 1. The Hall–Kier alpha value is -4.02. The number of sulfonamides is 1. The summed E-state index contributed by atoms with van der Waals surface area (Å²) in [6.45, 7) is 2.08. The molecule has 0 spiro atoms. The average molecular weight is 465 g/mol. The quantitative estimate of drug-likeness (QED) is 0.291. The summed E-state index contributed by atoms with van der Waals surface area (Å²) in [5.41, 5.74) is 2.73. The monoisotopic (exact) mass is 464 g/mol. The number of aromatic amines is 1. The molecular weight excluding hydrogens is 444 g/mol. The van der Waals surface area contributed by atoms with Crippen LogP contribution in [0.25, 0.3) is 10.9 Å². The molecule has 0 fully saturated rings. The molecule has 1 aromatic heterocycles. The van der Waals surface area contributed by atoms with Crippen molar-refractivity contribution >= 4 is 38.3 Å². The number of carboxylic acids is 1. The van der Waals surface area contributed by atoms with Crippen LogP contribution in [0.5, 0.6) is 5.88 Å². The van der Waals surface area contributed by atoms with Gasteiger partial charge in [-0.05, 0) is 48.9 Å². The Morgan fingerprint density at radius 1 is 1.03 bits per heavy atom. The highest BCUT2D eigenvalue weighted by Crippen LogP contribution is 2.37. The van der Waals surface area contributed by atoms with Gasteiger partial charge in [0.15, 0.2) is 5.69 Å². The van der Waals surface area contributed by atoms with Gasteiger partial charge in [0, 0.05) is 11.9 Å². The molecular formula is C23H20N4O5S. The zero-order valence-electron chi connectivity index (χ0n) is 17.5. The SMILES string of the molecule is Cc1ccc(CNS(=O)(=O)c2ccc3[nH]c(O)c(N=Nc4cccc(C(=O)O)c4)c3c2)cc1. The lowest BCUT2D eigenvalue weighted by atomic mass is 10.2. The molecule has 0 saturated carbocycles. The van der Waals surface area contributed by atoms with Crippen LogP contribution in [0.3, 0.4) is 0 Å². The number of nitrogens with one attached hydrogen (secondary N) is 2. The minimum Gasteiger partial charge on any atom is -0.493 e. The number of azo groups is 1. The van der Waals surface area contributed by atoms with Gasteiger partial charge in [-0.2, -0.15) is 5.11 Å². The highest BCUT2D eigenvalue weighted by molar-refractivity contribution is 7.89. The molecule has 0 unspecified atom stereocenters. The Bertz CT molecular complexity index is 1470. The molecule has 4 aromatic rings. The van der Waals surface area contributed by atoms with Crippen molar-refractivity contribution in [1.29, 1.82) is 0 Å². The number of nitrogens with zero attached hydrogens (tertiary/aromatic N) is 2. The fraction of sp³-hybridized carbons (Fsp3) is 0.0870. The van der Waals surface area contributed by atoms with Gasteiger partial charge < -0.3 is 15.2 Å². The number of aryl methyl sites for hydroxylation is 1. The van der Waals surface area contributed by atoms with E-state index in [-0.39, 0.29) is 34.3 Å². The number of benzene rings is 3. The van der Waals surface area contributed by atoms with Crippen LogP contribution in [0.4, 0.5) is 11.4 Å². The second-order valence-electron chi connectivity index (χ2n) is 7.40. The topological polar surface area (TPSA) is 144 Å². The maximum absolute atomic E-state index is 12.8. The zero-order chi connectivity index (χ0) is 23.6. The van der Waals surface area contributed by atoms with Crippen molar-refractivity contribution in [3.63, 3.8) is 0 Å². The van der Waals surface area contributed by atoms with E-state index in [1.54, 1.807) is 6.07 Å². The molecule has 0 aliphatic rings. The summed E-state index contributed by atoms with van der Waals surface area (Å²) in [5.74, 6) is -1.39. The van der Waals surface area contributed by atoms with Crippen molar-refractivity contribution in [3.05, 3.63) is 83.4 Å². The predicted octanol–water partition coefficient (Wildman–Crippen LogP) is 4.77. The Labute approximate surface area is 189 Å². The second-order valence-corrected chi connectivity index (χ2v) is 9.16. The molecule has 0 atom stereocenters. The van der Waals surface area contributed by atoms with E-state index in [1.165, 1.54) is 36.4 Å². The normalized spacial score (nSPS) is 11.9. The maximum Gasteiger partial charge on any atom is 0.335 e. The number of rotatable bonds is 7. The van der Waals surface area contributed by atoms with Crippen molar-refractivity contribution in [2.45, 2.75) is 18.4 Å². The number of carbonyl (C=O) groups is 1. The molecule has 0 radical (unpaired) electrons. The van der Waals surface area contributed by atoms with E-state index in [1.807, 2.05) is 31.2 Å². The molecule has 0 bridgehead atoms. The Balaban J connectivity index is 1.63. The van der Waals surface area contributed by atoms with Gasteiger partial charge in [0.25, 0.3) is 0 Å². The molecule has 0 aliphatic heterocycles. The van der Waals surface area contributed by atoms with Crippen LogP contribution in [0.15, 0.2) is 81.9 Å². The van der Waals surface area contributed by atoms with Gasteiger partial charge in [0.1, 0.15) is 0 Å². The van der Waals surface area contributed by atoms with Gasteiger partial charge in [-0.15, -0.1) is 5.11 Å². The van der Waals surface area contributed by atoms with Gasteiger partial charge in [-0.25, -0.2) is 17.9 Å². The molecule has 0 saturated heterocycles. The first-order valence-electron chi connectivity index (χ1n) is 9.88. The van der Waals surface area contributed by atoms with Gasteiger partial charge in [-0.1, -0.05) is 35.9 Å². The predicted molar refractivity (Wildman–Crippen MR) is 123 cm³/mol. The summed E-state index contributed by atoms with van der Waals surface area (Å²) in [4.78, 5) is 13.9. The third kappa shape index (κ3) is 4.92. The lowest BCUT2D eigenvalue weighted by Gasteiger charge is -2.07. The molecule has 4 rings (SSSR count). The Kier molecular flexibility index (Phi) is 5.95. The number of aromatic nitrogens is 1. The van der Waals surface area contributed by atoms with Gasteiger partial charge in [0.2, 0.25) is 15.9 Å². The van der Waals surface area contributed by atoms with Crippen molar-refractivity contribution in [3.8, 4) is 5.88 Å². The van der Waals surface area contributed by atoms with Crippen molar-refractivity contribution in [2.75, 3.05) is 0 Å². The zero-order valence-corrected chi connectivity index (χ0v) is 18.3. The van der Waals surface area contributed by atoms with E-state index >= 15 is 0 Å². The molecule has 33 heavy (non-hydrogen) atoms. The summed E-state index contributed by atoms with van der Waals surface area (Å²) in [6, 6.07) is 17.7. The van der Waals surface area contributed by atoms with E-state index in [0.29, 0.717) is 10.9 Å². The van der Waals surface area contributed by atoms with Gasteiger partial charge in [0.05, 0.1) is 21.7 Å². The number of aromatic carboxylic acids is 1. The Morgan fingerprint density at radius 2 is 1.79 bits per heavy atom. The number of fused-ring (bicyclic) bond motifs is 1. The standard InChI is InChI=1S/C23H20N4O5S/c1-14-5-7-15(8-6-14)13-24-33(31,32)18-9-10-20-19(12-18)21(22(28)25-20)27-26-17-4-2-3-16(11-17)23(29)30/h2-12,24-25,28H,13H2,1H3,(H,29,30). The van der Waals surface area contributed by atoms with Crippen LogP contribution in [0.1, 0.15) is 21.5 Å². The second kappa shape index (κ2) is 8.85. The fourth-order valence-electron chi connectivity index (χ4n) is 3.19. The minimum absolute atomic E-state index is 0.00503. The van der Waals surface area contributed by atoms with E-state index in [9.17, 15) is 18.3 Å². The first-order valence-corrected chi connectivity index (χ1v) is 11.4. The van der Waals surface area contributed by atoms with Crippen molar-refractivity contribution in [1.82, 2.24) is 9.71 Å². The molecule has 4 N–H and O–H groups in total. The summed E-state index contributed by atoms with van der Waals surface area (Å²) in [7, 11) is -3.83. The van der Waals surface area contributed by atoms with E-state index in [0.717, 1.165) is 11.1 Å². The van der Waals surface area contributed by atoms with Crippen molar-refractivity contribution < 1.29 is 23.4 Å². The fourth-order valence-corrected chi connectivity index (χ4v) is 4.23. The minimum atomic E-state index is -3.83. The van der Waals surface area contributed by atoms with Crippen LogP contribution in [-0.2, 0) is 16.6 Å². The number of hydrogen-bond donors (Lipinski definition) is 4.